The molecule has 0 amide bonds. The second-order valence-electron chi connectivity index (χ2n) is 5.02. The summed E-state index contributed by atoms with van der Waals surface area (Å²) in [5, 5.41) is 3.60. The molecule has 1 aromatic rings. The molecule has 1 fully saturated rings. The maximum absolute atomic E-state index is 5.99. The molecule has 1 unspecified atom stereocenters. The number of hydrogen-bond donors (Lipinski definition) is 1. The van der Waals surface area contributed by atoms with Gasteiger partial charge >= 0.3 is 0 Å². The minimum Gasteiger partial charge on any atom is -0.454 e. The molecule has 2 heterocycles. The van der Waals surface area contributed by atoms with Crippen molar-refractivity contribution in [2.75, 3.05) is 6.61 Å². The van der Waals surface area contributed by atoms with E-state index in [9.17, 15) is 0 Å². The van der Waals surface area contributed by atoms with Gasteiger partial charge in [0.1, 0.15) is 5.76 Å². The van der Waals surface area contributed by atoms with Crippen molar-refractivity contribution in [3.05, 3.63) is 21.7 Å². The maximum Gasteiger partial charge on any atom is 0.164 e. The molecule has 0 aromatic carbocycles. The van der Waals surface area contributed by atoms with Gasteiger partial charge in [0, 0.05) is 12.6 Å². The van der Waals surface area contributed by atoms with E-state index < -0.39 is 0 Å². The highest BCUT2D eigenvalue weighted by molar-refractivity contribution is 14.1. The third kappa shape index (κ3) is 3.48. The Morgan fingerprint density at radius 2 is 2.17 bits per heavy atom. The lowest BCUT2D eigenvalue weighted by Gasteiger charge is -2.40. The zero-order valence-corrected chi connectivity index (χ0v) is 13.3. The van der Waals surface area contributed by atoms with Gasteiger partial charge in [-0.1, -0.05) is 13.8 Å². The number of nitrogens with one attached hydrogen (secondary N) is 1. The van der Waals surface area contributed by atoms with Crippen molar-refractivity contribution in [2.45, 2.75) is 57.7 Å². The van der Waals surface area contributed by atoms with Crippen molar-refractivity contribution >= 4 is 22.6 Å². The summed E-state index contributed by atoms with van der Waals surface area (Å²) in [5.74, 6) is 1.02. The molecule has 1 aliphatic heterocycles. The first-order valence-corrected chi connectivity index (χ1v) is 7.87. The van der Waals surface area contributed by atoms with Crippen LogP contribution in [0.3, 0.4) is 0 Å². The van der Waals surface area contributed by atoms with Crippen LogP contribution in [0.2, 0.25) is 0 Å². The third-order valence-electron chi connectivity index (χ3n) is 3.98. The molecule has 1 atom stereocenters. The molecule has 1 N–H and O–H groups in total. The number of furan rings is 1. The SMILES string of the molecule is CCC1(CC)CC(NCc2ccc(I)o2)CCO1. The minimum absolute atomic E-state index is 0.0908. The smallest absolute Gasteiger partial charge is 0.164 e. The van der Waals surface area contributed by atoms with Crippen LogP contribution in [0.4, 0.5) is 0 Å². The largest absolute Gasteiger partial charge is 0.454 e. The monoisotopic (exact) mass is 363 g/mol. The van der Waals surface area contributed by atoms with Gasteiger partial charge < -0.3 is 14.5 Å². The van der Waals surface area contributed by atoms with E-state index in [1.165, 1.54) is 0 Å². The van der Waals surface area contributed by atoms with E-state index >= 15 is 0 Å². The number of halogens is 1. The standard InChI is InChI=1S/C14H22INO2/c1-3-14(4-2)9-11(7-8-17-14)16-10-12-5-6-13(15)18-12/h5-6,11,16H,3-4,7-10H2,1-2H3. The van der Waals surface area contributed by atoms with Gasteiger partial charge in [-0.3, -0.25) is 0 Å². The Hall–Kier alpha value is -0.0700. The lowest BCUT2D eigenvalue weighted by atomic mass is 9.86. The van der Waals surface area contributed by atoms with E-state index in [4.69, 9.17) is 9.15 Å². The second-order valence-corrected chi connectivity index (χ2v) is 6.08. The van der Waals surface area contributed by atoms with Crippen LogP contribution in [0.25, 0.3) is 0 Å². The molecule has 1 saturated heterocycles. The molecule has 0 spiro atoms. The lowest BCUT2D eigenvalue weighted by molar-refractivity contribution is -0.0933. The first kappa shape index (κ1) is 14.3. The van der Waals surface area contributed by atoms with E-state index in [1.807, 2.05) is 12.1 Å². The summed E-state index contributed by atoms with van der Waals surface area (Å²) in [6.45, 7) is 6.13. The quantitative estimate of drug-likeness (QED) is 0.810. The van der Waals surface area contributed by atoms with Gasteiger partial charge in [-0.2, -0.15) is 0 Å². The van der Waals surface area contributed by atoms with E-state index in [0.29, 0.717) is 6.04 Å². The van der Waals surface area contributed by atoms with Gasteiger partial charge in [-0.15, -0.1) is 0 Å². The van der Waals surface area contributed by atoms with Crippen LogP contribution in [0.1, 0.15) is 45.3 Å². The topological polar surface area (TPSA) is 34.4 Å². The van der Waals surface area contributed by atoms with Crippen LogP contribution in [-0.2, 0) is 11.3 Å². The van der Waals surface area contributed by atoms with Crippen molar-refractivity contribution in [2.24, 2.45) is 0 Å². The number of hydrogen-bond acceptors (Lipinski definition) is 3. The molecule has 102 valence electrons. The Balaban J connectivity index is 1.86. The van der Waals surface area contributed by atoms with Crippen molar-refractivity contribution in [1.29, 1.82) is 0 Å². The average Bonchev–Trinajstić information content (AvgIpc) is 2.82. The fourth-order valence-corrected chi connectivity index (χ4v) is 3.10. The third-order valence-corrected chi connectivity index (χ3v) is 4.56. The van der Waals surface area contributed by atoms with E-state index in [0.717, 1.165) is 48.4 Å². The molecule has 2 rings (SSSR count). The van der Waals surface area contributed by atoms with Gasteiger partial charge in [-0.05, 0) is 60.4 Å². The van der Waals surface area contributed by atoms with Crippen LogP contribution in [-0.4, -0.2) is 18.2 Å². The number of rotatable bonds is 5. The van der Waals surface area contributed by atoms with Crippen molar-refractivity contribution in [3.63, 3.8) is 0 Å². The Morgan fingerprint density at radius 3 is 2.78 bits per heavy atom. The summed E-state index contributed by atoms with van der Waals surface area (Å²) in [4.78, 5) is 0. The van der Waals surface area contributed by atoms with Gasteiger partial charge in [0.2, 0.25) is 0 Å². The molecule has 0 radical (unpaired) electrons. The number of ether oxygens (including phenoxy) is 1. The average molecular weight is 363 g/mol. The molecule has 4 heteroatoms. The zero-order valence-electron chi connectivity index (χ0n) is 11.2. The first-order chi connectivity index (χ1) is 8.67. The van der Waals surface area contributed by atoms with E-state index in [2.05, 4.69) is 41.8 Å². The van der Waals surface area contributed by atoms with Crippen molar-refractivity contribution in [3.8, 4) is 0 Å². The Kier molecular flexibility index (Phi) is 5.09. The van der Waals surface area contributed by atoms with E-state index in [-0.39, 0.29) is 5.60 Å². The Morgan fingerprint density at radius 1 is 1.39 bits per heavy atom. The van der Waals surface area contributed by atoms with Gasteiger partial charge in [-0.25, -0.2) is 0 Å². The summed E-state index contributed by atoms with van der Waals surface area (Å²) in [6.07, 6.45) is 4.40. The van der Waals surface area contributed by atoms with Crippen LogP contribution in [0.5, 0.6) is 0 Å². The van der Waals surface area contributed by atoms with Crippen LogP contribution in [0, 0.1) is 3.77 Å². The van der Waals surface area contributed by atoms with Gasteiger partial charge in [0.05, 0.1) is 12.1 Å². The maximum atomic E-state index is 5.99. The highest BCUT2D eigenvalue weighted by Gasteiger charge is 2.34. The predicted molar refractivity (Wildman–Crippen MR) is 80.6 cm³/mol. The second kappa shape index (κ2) is 6.39. The van der Waals surface area contributed by atoms with Gasteiger partial charge in [0.15, 0.2) is 3.77 Å². The van der Waals surface area contributed by atoms with Crippen LogP contribution in [0.15, 0.2) is 16.5 Å². The normalized spacial score (nSPS) is 23.2. The first-order valence-electron chi connectivity index (χ1n) is 6.79. The molecule has 0 saturated carbocycles. The highest BCUT2D eigenvalue weighted by Crippen LogP contribution is 2.31. The van der Waals surface area contributed by atoms with Gasteiger partial charge in [0.25, 0.3) is 0 Å². The highest BCUT2D eigenvalue weighted by atomic mass is 127. The molecule has 0 aliphatic carbocycles. The predicted octanol–water partition coefficient (Wildman–Crippen LogP) is 3.71. The molecule has 0 bridgehead atoms. The molecular weight excluding hydrogens is 341 g/mol. The zero-order chi connectivity index (χ0) is 13.0. The fourth-order valence-electron chi connectivity index (χ4n) is 2.64. The fraction of sp³-hybridized carbons (Fsp3) is 0.714. The molecular formula is C14H22INO2. The summed E-state index contributed by atoms with van der Waals surface area (Å²) in [6, 6.07) is 4.59. The van der Waals surface area contributed by atoms with Crippen LogP contribution >= 0.6 is 22.6 Å². The molecule has 1 aromatic heterocycles. The molecule has 3 nitrogen and oxygen atoms in total. The summed E-state index contributed by atoms with van der Waals surface area (Å²) >= 11 is 2.20. The van der Waals surface area contributed by atoms with Crippen molar-refractivity contribution in [1.82, 2.24) is 5.32 Å². The van der Waals surface area contributed by atoms with E-state index in [1.54, 1.807) is 0 Å². The Labute approximate surface area is 123 Å². The summed E-state index contributed by atoms with van der Waals surface area (Å²) < 4.78 is 12.5. The Bertz CT molecular complexity index is 374. The minimum atomic E-state index is 0.0908. The van der Waals surface area contributed by atoms with Crippen molar-refractivity contribution < 1.29 is 9.15 Å². The molecule has 18 heavy (non-hydrogen) atoms. The lowest BCUT2D eigenvalue weighted by Crippen LogP contribution is -2.46. The summed E-state index contributed by atoms with van der Waals surface area (Å²) in [7, 11) is 0. The summed E-state index contributed by atoms with van der Waals surface area (Å²) in [5.41, 5.74) is 0.0908. The van der Waals surface area contributed by atoms with Crippen LogP contribution < -0.4 is 5.32 Å². The molecule has 1 aliphatic rings.